The maximum Gasteiger partial charge on any atom is 0.250 e. The van der Waals surface area contributed by atoms with Crippen LogP contribution in [0.1, 0.15) is 5.89 Å². The SMILES string of the molecule is ClCc1nnc(-c2cccc3cccnc23)o1. The number of pyridine rings is 1. The number of alkyl halides is 1. The first-order valence-electron chi connectivity index (χ1n) is 5.11. The Morgan fingerprint density at radius 2 is 2.00 bits per heavy atom. The molecule has 0 aliphatic heterocycles. The smallest absolute Gasteiger partial charge is 0.250 e. The fraction of sp³-hybridized carbons (Fsp3) is 0.0833. The quantitative estimate of drug-likeness (QED) is 0.651. The molecular weight excluding hydrogens is 238 g/mol. The Hall–Kier alpha value is -1.94. The lowest BCUT2D eigenvalue weighted by molar-refractivity contribution is 0.527. The molecule has 0 N–H and O–H groups in total. The molecule has 0 radical (unpaired) electrons. The molecule has 17 heavy (non-hydrogen) atoms. The molecule has 0 atom stereocenters. The summed E-state index contributed by atoms with van der Waals surface area (Å²) in [4.78, 5) is 4.33. The molecule has 0 saturated heterocycles. The fourth-order valence-electron chi connectivity index (χ4n) is 1.69. The van der Waals surface area contributed by atoms with Crippen molar-refractivity contribution in [2.75, 3.05) is 0 Å². The number of fused-ring (bicyclic) bond motifs is 1. The van der Waals surface area contributed by atoms with Gasteiger partial charge in [0.15, 0.2) is 0 Å². The Balaban J connectivity index is 2.23. The molecule has 0 bridgehead atoms. The zero-order chi connectivity index (χ0) is 11.7. The molecule has 0 saturated carbocycles. The number of nitrogens with zero attached hydrogens (tertiary/aromatic N) is 3. The zero-order valence-electron chi connectivity index (χ0n) is 8.80. The van der Waals surface area contributed by atoms with Crippen molar-refractivity contribution in [3.05, 3.63) is 42.4 Å². The van der Waals surface area contributed by atoms with Gasteiger partial charge in [-0.2, -0.15) is 0 Å². The van der Waals surface area contributed by atoms with Gasteiger partial charge >= 0.3 is 0 Å². The van der Waals surface area contributed by atoms with Crippen LogP contribution in [0.4, 0.5) is 0 Å². The third-order valence-corrected chi connectivity index (χ3v) is 2.67. The average molecular weight is 246 g/mol. The summed E-state index contributed by atoms with van der Waals surface area (Å²) in [5, 5.41) is 8.85. The zero-order valence-corrected chi connectivity index (χ0v) is 9.55. The molecule has 0 aliphatic rings. The third kappa shape index (κ3) is 1.76. The molecule has 0 spiro atoms. The van der Waals surface area contributed by atoms with Gasteiger partial charge in [-0.05, 0) is 12.1 Å². The first kappa shape index (κ1) is 10.2. The third-order valence-electron chi connectivity index (χ3n) is 2.44. The minimum absolute atomic E-state index is 0.213. The second kappa shape index (κ2) is 4.14. The number of hydrogen-bond acceptors (Lipinski definition) is 4. The second-order valence-corrected chi connectivity index (χ2v) is 3.78. The van der Waals surface area contributed by atoms with Crippen molar-refractivity contribution < 1.29 is 4.42 Å². The highest BCUT2D eigenvalue weighted by molar-refractivity contribution is 6.16. The summed E-state index contributed by atoms with van der Waals surface area (Å²) >= 11 is 5.63. The van der Waals surface area contributed by atoms with Gasteiger partial charge in [-0.15, -0.1) is 21.8 Å². The van der Waals surface area contributed by atoms with Crippen molar-refractivity contribution >= 4 is 22.5 Å². The summed E-state index contributed by atoms with van der Waals surface area (Å²) in [6, 6.07) is 9.71. The van der Waals surface area contributed by atoms with E-state index in [1.807, 2.05) is 30.3 Å². The van der Waals surface area contributed by atoms with E-state index < -0.39 is 0 Å². The van der Waals surface area contributed by atoms with E-state index in [2.05, 4.69) is 15.2 Å². The Morgan fingerprint density at radius 3 is 2.82 bits per heavy atom. The van der Waals surface area contributed by atoms with Crippen LogP contribution >= 0.6 is 11.6 Å². The molecule has 3 rings (SSSR count). The summed E-state index contributed by atoms with van der Waals surface area (Å²) in [5.74, 6) is 1.07. The normalized spacial score (nSPS) is 10.9. The van der Waals surface area contributed by atoms with Crippen LogP contribution in [0.5, 0.6) is 0 Å². The standard InChI is InChI=1S/C12H8ClN3O/c13-7-10-15-16-12(17-10)9-5-1-3-8-4-2-6-14-11(8)9/h1-6H,7H2. The van der Waals surface area contributed by atoms with Crippen molar-refractivity contribution in [2.45, 2.75) is 5.88 Å². The largest absolute Gasteiger partial charge is 0.419 e. The van der Waals surface area contributed by atoms with Gasteiger partial charge < -0.3 is 4.42 Å². The van der Waals surface area contributed by atoms with E-state index >= 15 is 0 Å². The van der Waals surface area contributed by atoms with E-state index in [4.69, 9.17) is 16.0 Å². The van der Waals surface area contributed by atoms with Crippen molar-refractivity contribution in [3.63, 3.8) is 0 Å². The minimum atomic E-state index is 0.213. The van der Waals surface area contributed by atoms with Crippen molar-refractivity contribution in [2.24, 2.45) is 0 Å². The lowest BCUT2D eigenvalue weighted by Gasteiger charge is -2.00. The van der Waals surface area contributed by atoms with Crippen LogP contribution in [0, 0.1) is 0 Å². The van der Waals surface area contributed by atoms with Crippen LogP contribution in [0.2, 0.25) is 0 Å². The van der Waals surface area contributed by atoms with Gasteiger partial charge in [0.1, 0.15) is 5.88 Å². The molecule has 0 unspecified atom stereocenters. The molecule has 0 fully saturated rings. The van der Waals surface area contributed by atoms with E-state index in [-0.39, 0.29) is 5.88 Å². The molecule has 5 heteroatoms. The van der Waals surface area contributed by atoms with E-state index in [9.17, 15) is 0 Å². The molecule has 2 aromatic heterocycles. The second-order valence-electron chi connectivity index (χ2n) is 3.52. The number of aromatic nitrogens is 3. The van der Waals surface area contributed by atoms with E-state index in [0.29, 0.717) is 11.8 Å². The molecule has 2 heterocycles. The summed E-state index contributed by atoms with van der Waals surface area (Å²) in [5.41, 5.74) is 1.67. The van der Waals surface area contributed by atoms with Crippen molar-refractivity contribution in [1.29, 1.82) is 0 Å². The minimum Gasteiger partial charge on any atom is -0.419 e. The topological polar surface area (TPSA) is 51.8 Å². The molecule has 4 nitrogen and oxygen atoms in total. The Bertz CT molecular complexity index is 660. The Kier molecular flexibility index (Phi) is 2.49. The van der Waals surface area contributed by atoms with Gasteiger partial charge in [-0.3, -0.25) is 4.98 Å². The van der Waals surface area contributed by atoms with Gasteiger partial charge in [0.05, 0.1) is 11.1 Å². The number of halogens is 1. The van der Waals surface area contributed by atoms with Gasteiger partial charge in [-0.1, -0.05) is 18.2 Å². The molecule has 0 aliphatic carbocycles. The number of rotatable bonds is 2. The maximum absolute atomic E-state index is 5.63. The predicted octanol–water partition coefficient (Wildman–Crippen LogP) is 3.02. The first-order valence-corrected chi connectivity index (χ1v) is 5.64. The summed E-state index contributed by atoms with van der Waals surface area (Å²) < 4.78 is 5.43. The first-order chi connectivity index (χ1) is 8.38. The highest BCUT2D eigenvalue weighted by atomic mass is 35.5. The monoisotopic (exact) mass is 245 g/mol. The Labute approximate surface area is 102 Å². The van der Waals surface area contributed by atoms with Gasteiger partial charge in [0.2, 0.25) is 11.8 Å². The molecule has 1 aromatic carbocycles. The predicted molar refractivity (Wildman–Crippen MR) is 64.6 cm³/mol. The number of para-hydroxylation sites is 1. The number of hydrogen-bond donors (Lipinski definition) is 0. The van der Waals surface area contributed by atoms with Crippen LogP contribution in [0.15, 0.2) is 40.9 Å². The number of benzene rings is 1. The van der Waals surface area contributed by atoms with Crippen LogP contribution in [-0.2, 0) is 5.88 Å². The van der Waals surface area contributed by atoms with Crippen LogP contribution in [0.3, 0.4) is 0 Å². The molecular formula is C12H8ClN3O. The van der Waals surface area contributed by atoms with Crippen LogP contribution in [-0.4, -0.2) is 15.2 Å². The van der Waals surface area contributed by atoms with Crippen LogP contribution < -0.4 is 0 Å². The van der Waals surface area contributed by atoms with Gasteiger partial charge in [-0.25, -0.2) is 0 Å². The van der Waals surface area contributed by atoms with E-state index in [1.165, 1.54) is 0 Å². The van der Waals surface area contributed by atoms with Gasteiger partial charge in [0, 0.05) is 11.6 Å². The Morgan fingerprint density at radius 1 is 1.12 bits per heavy atom. The summed E-state index contributed by atoms with van der Waals surface area (Å²) in [6.07, 6.45) is 1.74. The van der Waals surface area contributed by atoms with Gasteiger partial charge in [0.25, 0.3) is 0 Å². The lowest BCUT2D eigenvalue weighted by Crippen LogP contribution is -1.84. The lowest BCUT2D eigenvalue weighted by atomic mass is 10.1. The maximum atomic E-state index is 5.63. The summed E-state index contributed by atoms with van der Waals surface area (Å²) in [6.45, 7) is 0. The highest BCUT2D eigenvalue weighted by Gasteiger charge is 2.11. The van der Waals surface area contributed by atoms with Crippen molar-refractivity contribution in [1.82, 2.24) is 15.2 Å². The van der Waals surface area contributed by atoms with E-state index in [0.717, 1.165) is 16.5 Å². The highest BCUT2D eigenvalue weighted by Crippen LogP contribution is 2.25. The van der Waals surface area contributed by atoms with E-state index in [1.54, 1.807) is 6.20 Å². The molecule has 84 valence electrons. The molecule has 0 amide bonds. The fourth-order valence-corrected chi connectivity index (χ4v) is 1.80. The molecule has 3 aromatic rings. The van der Waals surface area contributed by atoms with Crippen LogP contribution in [0.25, 0.3) is 22.4 Å². The average Bonchev–Trinajstić information content (AvgIpc) is 2.87. The summed E-state index contributed by atoms with van der Waals surface area (Å²) in [7, 11) is 0. The van der Waals surface area contributed by atoms with Crippen molar-refractivity contribution in [3.8, 4) is 11.5 Å².